The van der Waals surface area contributed by atoms with E-state index in [1.165, 1.54) is 0 Å². The topological polar surface area (TPSA) is 47.9 Å². The summed E-state index contributed by atoms with van der Waals surface area (Å²) in [6.07, 6.45) is 3.45. The number of hydrogen-bond acceptors (Lipinski definition) is 4. The van der Waals surface area contributed by atoms with Crippen molar-refractivity contribution in [1.82, 2.24) is 0 Å². The van der Waals surface area contributed by atoms with Crippen LogP contribution in [0.1, 0.15) is 24.0 Å². The van der Waals surface area contributed by atoms with Crippen LogP contribution in [0.15, 0.2) is 23.2 Å². The van der Waals surface area contributed by atoms with Gasteiger partial charge in [-0.1, -0.05) is 18.2 Å². The first-order valence-corrected chi connectivity index (χ1v) is 5.28. The van der Waals surface area contributed by atoms with Gasteiger partial charge < -0.3 is 9.47 Å². The molecule has 16 heavy (non-hydrogen) atoms. The van der Waals surface area contributed by atoms with Crippen LogP contribution in [0.4, 0.5) is 0 Å². The summed E-state index contributed by atoms with van der Waals surface area (Å²) >= 11 is 0. The minimum atomic E-state index is -0.371. The molecule has 4 heteroatoms. The molecule has 0 aromatic heterocycles. The third-order valence-corrected chi connectivity index (χ3v) is 3.13. The maximum Gasteiger partial charge on any atom is 0.235 e. The predicted octanol–water partition coefficient (Wildman–Crippen LogP) is 1.88. The minimum Gasteiger partial charge on any atom is -0.467 e. The third-order valence-electron chi connectivity index (χ3n) is 3.13. The molecule has 1 aliphatic carbocycles. The van der Waals surface area contributed by atoms with Crippen LogP contribution in [0, 0.1) is 0 Å². The zero-order valence-corrected chi connectivity index (χ0v) is 8.73. The highest BCUT2D eigenvalue weighted by Gasteiger charge is 2.47. The molecule has 0 unspecified atom stereocenters. The van der Waals surface area contributed by atoms with Crippen LogP contribution in [-0.2, 0) is 21.7 Å². The van der Waals surface area contributed by atoms with Gasteiger partial charge in [0.2, 0.25) is 6.08 Å². The molecule has 1 saturated carbocycles. The van der Waals surface area contributed by atoms with Crippen LogP contribution in [0.2, 0.25) is 0 Å². The molecule has 0 spiro atoms. The van der Waals surface area contributed by atoms with Gasteiger partial charge in [0.05, 0.1) is 6.61 Å². The normalized spacial score (nSPS) is 20.2. The average Bonchev–Trinajstić information content (AvgIpc) is 3.10. The van der Waals surface area contributed by atoms with Gasteiger partial charge in [-0.15, -0.1) is 0 Å². The Kier molecular flexibility index (Phi) is 2.06. The van der Waals surface area contributed by atoms with E-state index in [1.807, 2.05) is 18.2 Å². The lowest BCUT2D eigenvalue weighted by Crippen LogP contribution is -2.15. The first-order valence-electron chi connectivity index (χ1n) is 5.28. The smallest absolute Gasteiger partial charge is 0.235 e. The number of ether oxygens (including phenoxy) is 2. The van der Waals surface area contributed by atoms with Crippen molar-refractivity contribution < 1.29 is 14.3 Å². The van der Waals surface area contributed by atoms with Crippen LogP contribution in [0.25, 0.3) is 0 Å². The Bertz CT molecular complexity index is 473. The Balaban J connectivity index is 2.11. The molecule has 0 N–H and O–H groups in total. The second-order valence-corrected chi connectivity index (χ2v) is 4.14. The quantitative estimate of drug-likeness (QED) is 0.561. The SMILES string of the molecule is O=C=NC1(c2cccc3c2OCOC3)CC1. The highest BCUT2D eigenvalue weighted by atomic mass is 16.7. The first kappa shape index (κ1) is 9.58. The molecule has 1 aromatic rings. The second kappa shape index (κ2) is 3.44. The summed E-state index contributed by atoms with van der Waals surface area (Å²) in [5.41, 5.74) is 1.65. The monoisotopic (exact) mass is 217 g/mol. The Morgan fingerprint density at radius 3 is 3.00 bits per heavy atom. The molecule has 1 aliphatic heterocycles. The lowest BCUT2D eigenvalue weighted by Gasteiger charge is -2.22. The van der Waals surface area contributed by atoms with Crippen molar-refractivity contribution in [3.8, 4) is 5.75 Å². The van der Waals surface area contributed by atoms with Gasteiger partial charge in [0.1, 0.15) is 11.3 Å². The number of carbonyl (C=O) groups excluding carboxylic acids is 1. The van der Waals surface area contributed by atoms with Gasteiger partial charge >= 0.3 is 0 Å². The molecule has 3 rings (SSSR count). The Morgan fingerprint density at radius 1 is 1.38 bits per heavy atom. The number of para-hydroxylation sites is 1. The number of benzene rings is 1. The van der Waals surface area contributed by atoms with E-state index in [1.54, 1.807) is 6.08 Å². The number of isocyanates is 1. The van der Waals surface area contributed by atoms with E-state index in [2.05, 4.69) is 4.99 Å². The minimum absolute atomic E-state index is 0.269. The molecule has 0 radical (unpaired) electrons. The number of nitrogens with zero attached hydrogens (tertiary/aromatic N) is 1. The van der Waals surface area contributed by atoms with Crippen molar-refractivity contribution in [2.24, 2.45) is 4.99 Å². The number of hydrogen-bond donors (Lipinski definition) is 0. The predicted molar refractivity (Wildman–Crippen MR) is 55.8 cm³/mol. The zero-order chi connectivity index (χ0) is 11.0. The van der Waals surface area contributed by atoms with Crippen LogP contribution >= 0.6 is 0 Å². The third kappa shape index (κ3) is 1.35. The Labute approximate surface area is 92.9 Å². The molecular weight excluding hydrogens is 206 g/mol. The van der Waals surface area contributed by atoms with Crippen molar-refractivity contribution in [2.45, 2.75) is 25.0 Å². The second-order valence-electron chi connectivity index (χ2n) is 4.14. The van der Waals surface area contributed by atoms with Crippen LogP contribution in [-0.4, -0.2) is 12.9 Å². The summed E-state index contributed by atoms with van der Waals surface area (Å²) in [5, 5.41) is 0. The van der Waals surface area contributed by atoms with Crippen molar-refractivity contribution in [3.63, 3.8) is 0 Å². The molecule has 0 amide bonds. The van der Waals surface area contributed by atoms with Gasteiger partial charge in [0.15, 0.2) is 6.79 Å². The van der Waals surface area contributed by atoms with Crippen LogP contribution in [0.3, 0.4) is 0 Å². The lowest BCUT2D eigenvalue weighted by atomic mass is 10.0. The van der Waals surface area contributed by atoms with Crippen LogP contribution in [0.5, 0.6) is 5.75 Å². The molecule has 4 nitrogen and oxygen atoms in total. The van der Waals surface area contributed by atoms with Crippen molar-refractivity contribution >= 4 is 6.08 Å². The maximum atomic E-state index is 10.4. The summed E-state index contributed by atoms with van der Waals surface area (Å²) in [5.74, 6) is 0.838. The van der Waals surface area contributed by atoms with Gasteiger partial charge in [-0.05, 0) is 12.8 Å². The van der Waals surface area contributed by atoms with Crippen LogP contribution < -0.4 is 4.74 Å². The van der Waals surface area contributed by atoms with Gasteiger partial charge in [-0.25, -0.2) is 4.79 Å². The zero-order valence-electron chi connectivity index (χ0n) is 8.73. The van der Waals surface area contributed by atoms with Gasteiger partial charge in [0.25, 0.3) is 0 Å². The summed E-state index contributed by atoms with van der Waals surface area (Å²) in [4.78, 5) is 14.4. The van der Waals surface area contributed by atoms with Gasteiger partial charge in [0, 0.05) is 11.1 Å². The van der Waals surface area contributed by atoms with E-state index < -0.39 is 0 Å². The molecule has 2 aliphatic rings. The summed E-state index contributed by atoms with van der Waals surface area (Å²) < 4.78 is 10.7. The largest absolute Gasteiger partial charge is 0.467 e. The Hall–Kier alpha value is -1.64. The number of fused-ring (bicyclic) bond motifs is 1. The van der Waals surface area contributed by atoms with E-state index >= 15 is 0 Å². The summed E-state index contributed by atoms with van der Waals surface area (Å²) in [6.45, 7) is 0.828. The number of rotatable bonds is 2. The molecule has 82 valence electrons. The fraction of sp³-hybridized carbons (Fsp3) is 0.417. The van der Waals surface area contributed by atoms with E-state index in [0.717, 1.165) is 29.7 Å². The fourth-order valence-electron chi connectivity index (χ4n) is 2.13. The van der Waals surface area contributed by atoms with Gasteiger partial charge in [-0.3, -0.25) is 0 Å². The van der Waals surface area contributed by atoms with E-state index in [4.69, 9.17) is 9.47 Å². The first-order chi connectivity index (χ1) is 7.86. The standard InChI is InChI=1S/C12H11NO3/c14-7-13-12(4-5-12)10-3-1-2-9-6-15-8-16-11(9)10/h1-3H,4-6,8H2. The van der Waals surface area contributed by atoms with E-state index in [0.29, 0.717) is 6.61 Å². The molecular formula is C12H11NO3. The highest BCUT2D eigenvalue weighted by Crippen LogP contribution is 2.53. The molecule has 0 atom stereocenters. The number of aliphatic imine (C=N–C) groups is 1. The molecule has 1 heterocycles. The molecule has 1 fully saturated rings. The van der Waals surface area contributed by atoms with Crippen molar-refractivity contribution in [2.75, 3.05) is 6.79 Å². The van der Waals surface area contributed by atoms with Crippen molar-refractivity contribution in [1.29, 1.82) is 0 Å². The summed E-state index contributed by atoms with van der Waals surface area (Å²) in [6, 6.07) is 5.89. The molecule has 0 saturated heterocycles. The summed E-state index contributed by atoms with van der Waals surface area (Å²) in [7, 11) is 0. The van der Waals surface area contributed by atoms with E-state index in [9.17, 15) is 4.79 Å². The average molecular weight is 217 g/mol. The fourth-order valence-corrected chi connectivity index (χ4v) is 2.13. The van der Waals surface area contributed by atoms with Gasteiger partial charge in [-0.2, -0.15) is 4.99 Å². The highest BCUT2D eigenvalue weighted by molar-refractivity contribution is 5.51. The van der Waals surface area contributed by atoms with E-state index in [-0.39, 0.29) is 12.3 Å². The maximum absolute atomic E-state index is 10.4. The Morgan fingerprint density at radius 2 is 2.25 bits per heavy atom. The lowest BCUT2D eigenvalue weighted by molar-refractivity contribution is -0.0173. The molecule has 1 aromatic carbocycles. The molecule has 0 bridgehead atoms. The van der Waals surface area contributed by atoms with Crippen molar-refractivity contribution in [3.05, 3.63) is 29.3 Å².